The molecule has 21 heavy (non-hydrogen) atoms. The number of anilines is 1. The Morgan fingerprint density at radius 1 is 1.48 bits per heavy atom. The number of carboxylic acids is 1. The summed E-state index contributed by atoms with van der Waals surface area (Å²) in [4.78, 5) is 20.4. The maximum absolute atomic E-state index is 14.1. The van der Waals surface area contributed by atoms with Crippen LogP contribution in [-0.2, 0) is 6.42 Å². The van der Waals surface area contributed by atoms with Crippen LogP contribution < -0.4 is 4.90 Å². The van der Waals surface area contributed by atoms with Crippen LogP contribution in [0, 0.1) is 5.82 Å². The van der Waals surface area contributed by atoms with E-state index in [-0.39, 0.29) is 17.6 Å². The number of aromatic carboxylic acids is 1. The molecule has 1 N–H and O–H groups in total. The van der Waals surface area contributed by atoms with Crippen LogP contribution in [0.1, 0.15) is 29.1 Å². The summed E-state index contributed by atoms with van der Waals surface area (Å²) in [6.45, 7) is 2.83. The molecule has 9 heteroatoms. The van der Waals surface area contributed by atoms with Crippen molar-refractivity contribution >= 4 is 11.8 Å². The van der Waals surface area contributed by atoms with Crippen LogP contribution in [0.2, 0.25) is 0 Å². The van der Waals surface area contributed by atoms with E-state index >= 15 is 0 Å². The van der Waals surface area contributed by atoms with Gasteiger partial charge in [-0.3, -0.25) is 0 Å². The van der Waals surface area contributed by atoms with E-state index in [0.717, 1.165) is 0 Å². The number of aryl methyl sites for hydroxylation is 1. The predicted molar refractivity (Wildman–Crippen MR) is 69.6 cm³/mol. The van der Waals surface area contributed by atoms with E-state index < -0.39 is 11.8 Å². The topological polar surface area (TPSA) is 97.0 Å². The fourth-order valence-corrected chi connectivity index (χ4v) is 2.21. The summed E-state index contributed by atoms with van der Waals surface area (Å²) in [5, 5.41) is 16.1. The van der Waals surface area contributed by atoms with Crippen LogP contribution in [-0.4, -0.2) is 49.1 Å². The summed E-state index contributed by atoms with van der Waals surface area (Å²) in [6.07, 6.45) is 3.23. The quantitative estimate of drug-likeness (QED) is 0.877. The molecule has 0 saturated carbocycles. The molecule has 8 nitrogen and oxygen atoms in total. The highest BCUT2D eigenvalue weighted by molar-refractivity contribution is 5.84. The van der Waals surface area contributed by atoms with Gasteiger partial charge in [-0.1, -0.05) is 12.1 Å². The molecular formula is C12H13FN6O2. The molecule has 1 aliphatic rings. The first-order valence-electron chi connectivity index (χ1n) is 6.49. The van der Waals surface area contributed by atoms with Gasteiger partial charge in [0.25, 0.3) is 0 Å². The molecule has 1 fully saturated rings. The van der Waals surface area contributed by atoms with Crippen molar-refractivity contribution < 1.29 is 14.3 Å². The van der Waals surface area contributed by atoms with Crippen molar-refractivity contribution in [2.45, 2.75) is 19.4 Å². The third kappa shape index (κ3) is 2.30. The molecule has 0 amide bonds. The molecule has 0 aromatic carbocycles. The van der Waals surface area contributed by atoms with Gasteiger partial charge in [0.15, 0.2) is 17.3 Å². The number of hydrogen-bond donors (Lipinski definition) is 1. The van der Waals surface area contributed by atoms with Crippen molar-refractivity contribution in [2.75, 3.05) is 18.0 Å². The van der Waals surface area contributed by atoms with E-state index in [9.17, 15) is 9.18 Å². The zero-order valence-electron chi connectivity index (χ0n) is 11.3. The van der Waals surface area contributed by atoms with E-state index in [1.165, 1.54) is 17.2 Å². The minimum atomic E-state index is -1.12. The summed E-state index contributed by atoms with van der Waals surface area (Å²) >= 11 is 0. The average Bonchev–Trinajstić information content (AvgIpc) is 2.88. The van der Waals surface area contributed by atoms with Gasteiger partial charge in [-0.2, -0.15) is 0 Å². The van der Waals surface area contributed by atoms with Gasteiger partial charge < -0.3 is 10.0 Å². The first-order chi connectivity index (χ1) is 10.1. The number of aromatic nitrogens is 5. The monoisotopic (exact) mass is 292 g/mol. The average molecular weight is 292 g/mol. The smallest absolute Gasteiger partial charge is 0.358 e. The SMILES string of the molecule is CCc1ncnc(N2CC(n3cc(C(=O)O)nn3)C2)c1F. The van der Waals surface area contributed by atoms with E-state index in [0.29, 0.717) is 25.2 Å². The number of halogens is 1. The van der Waals surface area contributed by atoms with Crippen molar-refractivity contribution in [2.24, 2.45) is 0 Å². The molecule has 1 saturated heterocycles. The fraction of sp³-hybridized carbons (Fsp3) is 0.417. The van der Waals surface area contributed by atoms with Crippen LogP contribution in [0.25, 0.3) is 0 Å². The Bertz CT molecular complexity index is 682. The summed E-state index contributed by atoms with van der Waals surface area (Å²) in [7, 11) is 0. The molecule has 3 rings (SSSR count). The third-order valence-corrected chi connectivity index (χ3v) is 3.44. The first kappa shape index (κ1) is 13.4. The lowest BCUT2D eigenvalue weighted by Crippen LogP contribution is -2.49. The second kappa shape index (κ2) is 5.08. The Labute approximate surface area is 119 Å². The van der Waals surface area contributed by atoms with Crippen molar-refractivity contribution in [3.63, 3.8) is 0 Å². The molecule has 110 valence electrons. The van der Waals surface area contributed by atoms with Crippen molar-refractivity contribution in [3.8, 4) is 0 Å². The van der Waals surface area contributed by atoms with Gasteiger partial charge in [-0.05, 0) is 6.42 Å². The summed E-state index contributed by atoms with van der Waals surface area (Å²) in [5.74, 6) is -1.24. The van der Waals surface area contributed by atoms with E-state index in [1.54, 1.807) is 4.90 Å². The van der Waals surface area contributed by atoms with Crippen molar-refractivity contribution in [1.29, 1.82) is 0 Å². The largest absolute Gasteiger partial charge is 0.476 e. The number of hydrogen-bond acceptors (Lipinski definition) is 6. The first-order valence-corrected chi connectivity index (χ1v) is 6.49. The zero-order valence-corrected chi connectivity index (χ0v) is 11.3. The van der Waals surface area contributed by atoms with Gasteiger partial charge in [-0.15, -0.1) is 5.10 Å². The Balaban J connectivity index is 1.72. The van der Waals surface area contributed by atoms with Crippen LogP contribution in [0.15, 0.2) is 12.5 Å². The molecule has 2 aromatic heterocycles. The number of carbonyl (C=O) groups is 1. The van der Waals surface area contributed by atoms with E-state index in [4.69, 9.17) is 5.11 Å². The van der Waals surface area contributed by atoms with Gasteiger partial charge in [-0.25, -0.2) is 23.8 Å². The van der Waals surface area contributed by atoms with E-state index in [2.05, 4.69) is 20.3 Å². The Kier molecular flexibility index (Phi) is 3.24. The second-order valence-corrected chi connectivity index (χ2v) is 4.76. The van der Waals surface area contributed by atoms with Gasteiger partial charge >= 0.3 is 5.97 Å². The lowest BCUT2D eigenvalue weighted by Gasteiger charge is -2.39. The standard InChI is InChI=1S/C12H13FN6O2/c1-2-8-10(13)11(15-6-14-8)18-3-7(4-18)19-5-9(12(20)21)16-17-19/h5-7H,2-4H2,1H3,(H,20,21). The molecule has 0 bridgehead atoms. The molecule has 0 radical (unpaired) electrons. The minimum absolute atomic E-state index is 0.0370. The van der Waals surface area contributed by atoms with Gasteiger partial charge in [0, 0.05) is 13.1 Å². The van der Waals surface area contributed by atoms with Crippen LogP contribution >= 0.6 is 0 Å². The Morgan fingerprint density at radius 2 is 2.24 bits per heavy atom. The Morgan fingerprint density at radius 3 is 2.86 bits per heavy atom. The molecule has 1 aliphatic heterocycles. The highest BCUT2D eigenvalue weighted by atomic mass is 19.1. The molecule has 0 spiro atoms. The predicted octanol–water partition coefficient (Wildman–Crippen LogP) is 0.529. The number of carboxylic acid groups (broad SMARTS) is 1. The van der Waals surface area contributed by atoms with Gasteiger partial charge in [0.05, 0.1) is 17.9 Å². The van der Waals surface area contributed by atoms with E-state index in [1.807, 2.05) is 6.92 Å². The Hall–Kier alpha value is -2.58. The molecule has 3 heterocycles. The van der Waals surface area contributed by atoms with Crippen molar-refractivity contribution in [3.05, 3.63) is 29.7 Å². The normalized spacial score (nSPS) is 15.0. The van der Waals surface area contributed by atoms with Crippen molar-refractivity contribution in [1.82, 2.24) is 25.0 Å². The number of rotatable bonds is 4. The third-order valence-electron chi connectivity index (χ3n) is 3.44. The fourth-order valence-electron chi connectivity index (χ4n) is 2.21. The van der Waals surface area contributed by atoms with Crippen LogP contribution in [0.4, 0.5) is 10.2 Å². The lowest BCUT2D eigenvalue weighted by molar-refractivity contribution is 0.0690. The molecular weight excluding hydrogens is 279 g/mol. The van der Waals surface area contributed by atoms with Gasteiger partial charge in [0.2, 0.25) is 0 Å². The second-order valence-electron chi connectivity index (χ2n) is 4.76. The molecule has 0 aliphatic carbocycles. The lowest BCUT2D eigenvalue weighted by atomic mass is 10.1. The molecule has 2 aromatic rings. The maximum Gasteiger partial charge on any atom is 0.358 e. The summed E-state index contributed by atoms with van der Waals surface area (Å²) in [5.41, 5.74) is 0.285. The van der Waals surface area contributed by atoms with Crippen LogP contribution in [0.5, 0.6) is 0 Å². The van der Waals surface area contributed by atoms with Gasteiger partial charge in [0.1, 0.15) is 6.33 Å². The number of nitrogens with zero attached hydrogens (tertiary/aromatic N) is 6. The maximum atomic E-state index is 14.1. The minimum Gasteiger partial charge on any atom is -0.476 e. The highest BCUT2D eigenvalue weighted by Gasteiger charge is 2.32. The summed E-state index contributed by atoms with van der Waals surface area (Å²) in [6, 6.07) is -0.0370. The molecule has 0 unspecified atom stereocenters. The summed E-state index contributed by atoms with van der Waals surface area (Å²) < 4.78 is 15.6. The molecule has 0 atom stereocenters. The van der Waals surface area contributed by atoms with Crippen LogP contribution in [0.3, 0.4) is 0 Å². The zero-order chi connectivity index (χ0) is 15.0. The highest BCUT2D eigenvalue weighted by Crippen LogP contribution is 2.28.